The molecule has 0 atom stereocenters. The van der Waals surface area contributed by atoms with E-state index < -0.39 is 0 Å². The van der Waals surface area contributed by atoms with Crippen molar-refractivity contribution in [2.24, 2.45) is 5.92 Å². The largest absolute Gasteiger partial charge is 0.356 e. The Balaban J connectivity index is 1.50. The monoisotopic (exact) mass is 392 g/mol. The van der Waals surface area contributed by atoms with E-state index in [1.165, 1.54) is 4.88 Å². The minimum absolute atomic E-state index is 0.0736. The number of hydrogen-bond donors (Lipinski definition) is 1. The maximum atomic E-state index is 13.1. The summed E-state index contributed by atoms with van der Waals surface area (Å²) >= 11 is 1.72. The van der Waals surface area contributed by atoms with Gasteiger partial charge in [0.1, 0.15) is 0 Å². The van der Waals surface area contributed by atoms with Gasteiger partial charge in [0.05, 0.1) is 11.2 Å². The van der Waals surface area contributed by atoms with E-state index in [-0.39, 0.29) is 17.7 Å². The topological polar surface area (TPSA) is 65.5 Å². The molecule has 3 rings (SSSR count). The highest BCUT2D eigenvalue weighted by molar-refractivity contribution is 7.09. The number of nitrogens with one attached hydrogen (secondary N) is 1. The number of hydrogen-bond acceptors (Lipinski definition) is 5. The second kappa shape index (κ2) is 10.2. The fourth-order valence-corrected chi connectivity index (χ4v) is 4.76. The van der Waals surface area contributed by atoms with Gasteiger partial charge in [-0.15, -0.1) is 11.3 Å². The van der Waals surface area contributed by atoms with Gasteiger partial charge in [0.25, 0.3) is 0 Å². The van der Waals surface area contributed by atoms with Gasteiger partial charge in [0.2, 0.25) is 11.8 Å². The molecule has 3 heterocycles. The summed E-state index contributed by atoms with van der Waals surface area (Å²) in [6, 6.07) is 0. The van der Waals surface area contributed by atoms with E-state index >= 15 is 0 Å². The van der Waals surface area contributed by atoms with Crippen LogP contribution >= 0.6 is 11.3 Å². The number of rotatable bonds is 3. The van der Waals surface area contributed by atoms with Crippen molar-refractivity contribution in [3.63, 3.8) is 0 Å². The third-order valence-corrected chi connectivity index (χ3v) is 6.67. The van der Waals surface area contributed by atoms with Crippen LogP contribution in [0.2, 0.25) is 0 Å². The maximum Gasteiger partial charge on any atom is 0.225 e. The molecule has 1 N–H and O–H groups in total. The number of likely N-dealkylation sites (tertiary alicyclic amines) is 1. The molecule has 0 unspecified atom stereocenters. The summed E-state index contributed by atoms with van der Waals surface area (Å²) < 4.78 is 0. The molecule has 2 saturated heterocycles. The van der Waals surface area contributed by atoms with Crippen LogP contribution in [0.15, 0.2) is 5.51 Å². The van der Waals surface area contributed by atoms with Gasteiger partial charge in [-0.25, -0.2) is 4.98 Å². The van der Waals surface area contributed by atoms with Crippen molar-refractivity contribution in [3.8, 4) is 0 Å². The molecule has 0 saturated carbocycles. The normalized spacial score (nSPS) is 21.5. The number of nitrogens with zero attached hydrogens (tertiary/aromatic N) is 3. The number of piperidine rings is 1. The molecule has 2 aliphatic heterocycles. The third-order valence-electron chi connectivity index (χ3n) is 5.75. The van der Waals surface area contributed by atoms with Crippen LogP contribution in [0.1, 0.15) is 55.5 Å². The Hall–Kier alpha value is -1.47. The minimum atomic E-state index is 0.0736. The van der Waals surface area contributed by atoms with Crippen molar-refractivity contribution in [3.05, 3.63) is 16.1 Å². The second-order valence-corrected chi connectivity index (χ2v) is 8.69. The fraction of sp³-hybridized carbons (Fsp3) is 0.750. The van der Waals surface area contributed by atoms with E-state index in [0.717, 1.165) is 76.9 Å². The van der Waals surface area contributed by atoms with E-state index in [0.29, 0.717) is 13.0 Å². The Morgan fingerprint density at radius 3 is 2.70 bits per heavy atom. The third kappa shape index (κ3) is 6.01. The van der Waals surface area contributed by atoms with Gasteiger partial charge >= 0.3 is 0 Å². The number of aromatic nitrogens is 1. The van der Waals surface area contributed by atoms with Crippen molar-refractivity contribution in [1.82, 2.24) is 20.1 Å². The molecule has 0 radical (unpaired) electrons. The van der Waals surface area contributed by atoms with Crippen molar-refractivity contribution in [2.75, 3.05) is 32.7 Å². The van der Waals surface area contributed by atoms with Crippen LogP contribution in [0.3, 0.4) is 0 Å². The standard InChI is InChI=1S/C20H32N4O2S/c1-16-18(27-15-22-16)14-23-11-6-17(7-12-23)20(26)24-10-5-3-2-4-9-21-19(25)8-13-24/h15,17H,2-14H2,1H3,(H,21,25). The highest BCUT2D eigenvalue weighted by Crippen LogP contribution is 2.23. The molecule has 1 aromatic rings. The van der Waals surface area contributed by atoms with Crippen molar-refractivity contribution in [2.45, 2.75) is 58.4 Å². The number of thiazole rings is 1. The smallest absolute Gasteiger partial charge is 0.225 e. The molecule has 150 valence electrons. The first-order valence-corrected chi connectivity index (χ1v) is 11.2. The average Bonchev–Trinajstić information content (AvgIpc) is 3.05. The van der Waals surface area contributed by atoms with Crippen LogP contribution in [0.4, 0.5) is 0 Å². The maximum absolute atomic E-state index is 13.1. The quantitative estimate of drug-likeness (QED) is 0.859. The van der Waals surface area contributed by atoms with Crippen LogP contribution in [-0.2, 0) is 16.1 Å². The van der Waals surface area contributed by atoms with E-state index in [2.05, 4.69) is 22.1 Å². The Morgan fingerprint density at radius 2 is 1.96 bits per heavy atom. The number of carbonyl (C=O) groups excluding carboxylic acids is 2. The van der Waals surface area contributed by atoms with Gasteiger partial charge in [0.15, 0.2) is 0 Å². The van der Waals surface area contributed by atoms with Crippen molar-refractivity contribution in [1.29, 1.82) is 0 Å². The molecule has 0 aliphatic carbocycles. The van der Waals surface area contributed by atoms with E-state index in [9.17, 15) is 9.59 Å². The first kappa shape index (κ1) is 20.3. The molecule has 6 nitrogen and oxygen atoms in total. The van der Waals surface area contributed by atoms with E-state index in [1.807, 2.05) is 10.4 Å². The molecular formula is C20H32N4O2S. The first-order valence-electron chi connectivity index (χ1n) is 10.3. The Kier molecular flexibility index (Phi) is 7.64. The molecule has 0 spiro atoms. The zero-order valence-electron chi connectivity index (χ0n) is 16.4. The van der Waals surface area contributed by atoms with Gasteiger partial charge < -0.3 is 10.2 Å². The lowest BCUT2D eigenvalue weighted by Gasteiger charge is -2.34. The lowest BCUT2D eigenvalue weighted by molar-refractivity contribution is -0.137. The summed E-state index contributed by atoms with van der Waals surface area (Å²) in [7, 11) is 0. The number of amides is 2. The summed E-state index contributed by atoms with van der Waals surface area (Å²) in [5, 5.41) is 2.96. The Bertz CT molecular complexity index is 625. The zero-order chi connectivity index (χ0) is 19.1. The van der Waals surface area contributed by atoms with Crippen LogP contribution in [-0.4, -0.2) is 59.3 Å². The van der Waals surface area contributed by atoms with Gasteiger partial charge in [-0.1, -0.05) is 12.8 Å². The molecular weight excluding hydrogens is 360 g/mol. The Labute approximate surface area is 166 Å². The molecule has 2 fully saturated rings. The molecule has 0 bridgehead atoms. The summed E-state index contributed by atoms with van der Waals surface area (Å²) in [4.78, 5) is 35.0. The molecule has 27 heavy (non-hydrogen) atoms. The predicted octanol–water partition coefficient (Wildman–Crippen LogP) is 2.57. The average molecular weight is 393 g/mol. The molecule has 0 aromatic carbocycles. The zero-order valence-corrected chi connectivity index (χ0v) is 17.2. The number of carbonyl (C=O) groups is 2. The van der Waals surface area contributed by atoms with Gasteiger partial charge in [-0.2, -0.15) is 0 Å². The minimum Gasteiger partial charge on any atom is -0.356 e. The second-order valence-electron chi connectivity index (χ2n) is 7.75. The van der Waals surface area contributed by atoms with E-state index in [1.54, 1.807) is 11.3 Å². The van der Waals surface area contributed by atoms with Crippen molar-refractivity contribution < 1.29 is 9.59 Å². The summed E-state index contributed by atoms with van der Waals surface area (Å²) in [6.07, 6.45) is 6.60. The first-order chi connectivity index (χ1) is 13.1. The van der Waals surface area contributed by atoms with Gasteiger partial charge in [-0.05, 0) is 45.7 Å². The highest BCUT2D eigenvalue weighted by Gasteiger charge is 2.29. The van der Waals surface area contributed by atoms with Crippen LogP contribution in [0, 0.1) is 12.8 Å². The number of aryl methyl sites for hydroxylation is 1. The van der Waals surface area contributed by atoms with Crippen molar-refractivity contribution >= 4 is 23.2 Å². The van der Waals surface area contributed by atoms with E-state index in [4.69, 9.17) is 0 Å². The van der Waals surface area contributed by atoms with Crippen LogP contribution in [0.25, 0.3) is 0 Å². The highest BCUT2D eigenvalue weighted by atomic mass is 32.1. The lowest BCUT2D eigenvalue weighted by Crippen LogP contribution is -2.43. The van der Waals surface area contributed by atoms with Gasteiger partial charge in [0, 0.05) is 43.4 Å². The van der Waals surface area contributed by atoms with Crippen LogP contribution < -0.4 is 5.32 Å². The summed E-state index contributed by atoms with van der Waals surface area (Å²) in [6.45, 7) is 7.06. The summed E-state index contributed by atoms with van der Waals surface area (Å²) in [5.41, 5.74) is 3.03. The molecule has 2 amide bonds. The SMILES string of the molecule is Cc1ncsc1CN1CCC(C(=O)N2CCCCCCNC(=O)CC2)CC1. The Morgan fingerprint density at radius 1 is 1.19 bits per heavy atom. The lowest BCUT2D eigenvalue weighted by atomic mass is 9.95. The molecule has 7 heteroatoms. The fourth-order valence-electron chi connectivity index (χ4n) is 3.94. The molecule has 1 aromatic heterocycles. The predicted molar refractivity (Wildman–Crippen MR) is 108 cm³/mol. The summed E-state index contributed by atoms with van der Waals surface area (Å²) in [5.74, 6) is 0.442. The van der Waals surface area contributed by atoms with Crippen LogP contribution in [0.5, 0.6) is 0 Å². The van der Waals surface area contributed by atoms with Gasteiger partial charge in [-0.3, -0.25) is 14.5 Å². The molecule has 2 aliphatic rings.